The van der Waals surface area contributed by atoms with Crippen LogP contribution in [0.4, 0.5) is 5.69 Å². The minimum absolute atomic E-state index is 0.509. The Morgan fingerprint density at radius 1 is 1.31 bits per heavy atom. The molecule has 86 valence electrons. The highest BCUT2D eigenvalue weighted by molar-refractivity contribution is 6.35. The van der Waals surface area contributed by atoms with Gasteiger partial charge in [0.05, 0.1) is 0 Å². The largest absolute Gasteiger partial charge is 0.363 e. The van der Waals surface area contributed by atoms with Crippen molar-refractivity contribution in [3.63, 3.8) is 0 Å². The lowest BCUT2D eigenvalue weighted by molar-refractivity contribution is 0.430. The van der Waals surface area contributed by atoms with Crippen LogP contribution >= 0.6 is 23.2 Å². The Morgan fingerprint density at radius 3 is 2.94 bits per heavy atom. The summed E-state index contributed by atoms with van der Waals surface area (Å²) in [7, 11) is 0. The first-order valence-corrected chi connectivity index (χ1v) is 6.39. The maximum absolute atomic E-state index is 6.26. The van der Waals surface area contributed by atoms with Gasteiger partial charge in [-0.25, -0.2) is 0 Å². The van der Waals surface area contributed by atoms with E-state index < -0.39 is 0 Å². The van der Waals surface area contributed by atoms with Crippen molar-refractivity contribution in [2.45, 2.75) is 25.4 Å². The smallest absolute Gasteiger partial charge is 0.0474 e. The molecular formula is C12H14Cl2N2. The van der Waals surface area contributed by atoms with Crippen LogP contribution in [-0.2, 0) is 6.42 Å². The summed E-state index contributed by atoms with van der Waals surface area (Å²) in [6.07, 6.45) is 1.03. The van der Waals surface area contributed by atoms with Crippen LogP contribution in [-0.4, -0.2) is 25.2 Å². The van der Waals surface area contributed by atoms with E-state index >= 15 is 0 Å². The van der Waals surface area contributed by atoms with Crippen molar-refractivity contribution < 1.29 is 0 Å². The molecule has 1 aromatic carbocycles. The van der Waals surface area contributed by atoms with Crippen molar-refractivity contribution in [3.8, 4) is 0 Å². The second kappa shape index (κ2) is 3.80. The fraction of sp³-hybridized carbons (Fsp3) is 0.500. The molecule has 2 heterocycles. The van der Waals surface area contributed by atoms with Gasteiger partial charge in [-0.2, -0.15) is 0 Å². The molecule has 2 nitrogen and oxygen atoms in total. The van der Waals surface area contributed by atoms with E-state index in [0.29, 0.717) is 12.1 Å². The Kier molecular flexibility index (Phi) is 2.54. The van der Waals surface area contributed by atoms with Crippen LogP contribution in [0.3, 0.4) is 0 Å². The third-order valence-corrected chi connectivity index (χ3v) is 4.10. The molecule has 0 radical (unpaired) electrons. The number of hydrogen-bond donors (Lipinski definition) is 1. The Balaban J connectivity index is 2.10. The molecular weight excluding hydrogens is 243 g/mol. The number of nitrogens with zero attached hydrogens (tertiary/aromatic N) is 1. The molecule has 0 spiro atoms. The maximum Gasteiger partial charge on any atom is 0.0474 e. The van der Waals surface area contributed by atoms with Gasteiger partial charge in [0.1, 0.15) is 0 Å². The zero-order valence-corrected chi connectivity index (χ0v) is 10.6. The average Bonchev–Trinajstić information content (AvgIpc) is 2.58. The Bertz CT molecular complexity index is 433. The first-order chi connectivity index (χ1) is 7.66. The standard InChI is InChI=1S/C12H14Cl2N2/c1-7-5-15-6-9-4-10-11(14)2-8(13)3-12(10)16(7)9/h2-3,7,9,15H,4-6H2,1H3/t7-,9+/m1/s1. The number of rotatable bonds is 0. The molecule has 3 rings (SSSR count). The van der Waals surface area contributed by atoms with Gasteiger partial charge in [-0.05, 0) is 31.0 Å². The first kappa shape index (κ1) is 10.7. The molecule has 2 aliphatic rings. The molecule has 0 unspecified atom stereocenters. The molecule has 16 heavy (non-hydrogen) atoms. The van der Waals surface area contributed by atoms with E-state index in [1.807, 2.05) is 12.1 Å². The van der Waals surface area contributed by atoms with Gasteiger partial charge in [-0.1, -0.05) is 23.2 Å². The van der Waals surface area contributed by atoms with Gasteiger partial charge in [0, 0.05) is 40.9 Å². The summed E-state index contributed by atoms with van der Waals surface area (Å²) in [4.78, 5) is 2.46. The fourth-order valence-corrected chi connectivity index (χ4v) is 3.44. The Labute approximate surface area is 106 Å². The van der Waals surface area contributed by atoms with E-state index in [1.165, 1.54) is 11.3 Å². The minimum Gasteiger partial charge on any atom is -0.363 e. The van der Waals surface area contributed by atoms with Crippen LogP contribution in [0.25, 0.3) is 0 Å². The molecule has 1 aromatic rings. The summed E-state index contributed by atoms with van der Waals surface area (Å²) in [6.45, 7) is 4.30. The third kappa shape index (κ3) is 1.52. The number of anilines is 1. The highest BCUT2D eigenvalue weighted by Gasteiger charge is 2.36. The lowest BCUT2D eigenvalue weighted by Crippen LogP contribution is -2.54. The third-order valence-electron chi connectivity index (χ3n) is 3.54. The van der Waals surface area contributed by atoms with Gasteiger partial charge < -0.3 is 10.2 Å². The second-order valence-corrected chi connectivity index (χ2v) is 5.50. The maximum atomic E-state index is 6.26. The molecule has 0 aromatic heterocycles. The molecule has 1 N–H and O–H groups in total. The van der Waals surface area contributed by atoms with E-state index in [4.69, 9.17) is 23.2 Å². The van der Waals surface area contributed by atoms with Crippen LogP contribution in [0.5, 0.6) is 0 Å². The summed E-state index contributed by atoms with van der Waals surface area (Å²) in [5.74, 6) is 0. The van der Waals surface area contributed by atoms with Gasteiger partial charge in [0.2, 0.25) is 0 Å². The van der Waals surface area contributed by atoms with Crippen LogP contribution in [0.2, 0.25) is 10.0 Å². The van der Waals surface area contributed by atoms with E-state index in [1.54, 1.807) is 0 Å². The van der Waals surface area contributed by atoms with Gasteiger partial charge in [0.15, 0.2) is 0 Å². The fourth-order valence-electron chi connectivity index (χ4n) is 2.88. The molecule has 4 heteroatoms. The lowest BCUT2D eigenvalue weighted by Gasteiger charge is -2.38. The van der Waals surface area contributed by atoms with Crippen molar-refractivity contribution in [1.29, 1.82) is 0 Å². The summed E-state index contributed by atoms with van der Waals surface area (Å²) >= 11 is 12.3. The number of fused-ring (bicyclic) bond motifs is 3. The van der Waals surface area contributed by atoms with Crippen molar-refractivity contribution in [3.05, 3.63) is 27.7 Å². The van der Waals surface area contributed by atoms with Gasteiger partial charge in [0.25, 0.3) is 0 Å². The average molecular weight is 257 g/mol. The SMILES string of the molecule is C[C@@H]1CNC[C@@H]2Cc3c(Cl)cc(Cl)cc3N21. The van der Waals surface area contributed by atoms with Gasteiger partial charge in [-0.15, -0.1) is 0 Å². The number of nitrogens with one attached hydrogen (secondary N) is 1. The Hall–Kier alpha value is -0.440. The summed E-state index contributed by atoms with van der Waals surface area (Å²) in [6, 6.07) is 4.94. The number of piperazine rings is 1. The normalized spacial score (nSPS) is 27.8. The highest BCUT2D eigenvalue weighted by Crippen LogP contribution is 2.40. The zero-order chi connectivity index (χ0) is 11.3. The molecule has 0 amide bonds. The first-order valence-electron chi connectivity index (χ1n) is 5.64. The highest BCUT2D eigenvalue weighted by atomic mass is 35.5. The summed E-state index contributed by atoms with van der Waals surface area (Å²) < 4.78 is 0. The Morgan fingerprint density at radius 2 is 2.12 bits per heavy atom. The topological polar surface area (TPSA) is 15.3 Å². The lowest BCUT2D eigenvalue weighted by atomic mass is 10.1. The number of benzene rings is 1. The van der Waals surface area contributed by atoms with Gasteiger partial charge >= 0.3 is 0 Å². The van der Waals surface area contributed by atoms with Gasteiger partial charge in [-0.3, -0.25) is 0 Å². The predicted molar refractivity (Wildman–Crippen MR) is 68.8 cm³/mol. The predicted octanol–water partition coefficient (Wildman–Crippen LogP) is 2.72. The molecule has 0 saturated carbocycles. The van der Waals surface area contributed by atoms with E-state index in [0.717, 1.165) is 29.6 Å². The van der Waals surface area contributed by atoms with Crippen molar-refractivity contribution in [2.75, 3.05) is 18.0 Å². The van der Waals surface area contributed by atoms with Crippen molar-refractivity contribution in [2.24, 2.45) is 0 Å². The molecule has 0 bridgehead atoms. The molecule has 2 atom stereocenters. The monoisotopic (exact) mass is 256 g/mol. The second-order valence-electron chi connectivity index (χ2n) is 4.66. The zero-order valence-electron chi connectivity index (χ0n) is 9.13. The van der Waals surface area contributed by atoms with E-state index in [-0.39, 0.29) is 0 Å². The summed E-state index contributed by atoms with van der Waals surface area (Å²) in [5.41, 5.74) is 2.49. The minimum atomic E-state index is 0.509. The van der Waals surface area contributed by atoms with Crippen LogP contribution in [0, 0.1) is 0 Å². The van der Waals surface area contributed by atoms with Crippen LogP contribution in [0.1, 0.15) is 12.5 Å². The van der Waals surface area contributed by atoms with Crippen LogP contribution < -0.4 is 10.2 Å². The van der Waals surface area contributed by atoms with Crippen molar-refractivity contribution in [1.82, 2.24) is 5.32 Å². The quantitative estimate of drug-likeness (QED) is 0.768. The number of hydrogen-bond acceptors (Lipinski definition) is 2. The molecule has 0 aliphatic carbocycles. The number of halogens is 2. The van der Waals surface area contributed by atoms with Crippen LogP contribution in [0.15, 0.2) is 12.1 Å². The molecule has 1 fully saturated rings. The molecule has 1 saturated heterocycles. The van der Waals surface area contributed by atoms with Crippen molar-refractivity contribution >= 4 is 28.9 Å². The molecule has 2 aliphatic heterocycles. The van der Waals surface area contributed by atoms with E-state index in [9.17, 15) is 0 Å². The van der Waals surface area contributed by atoms with E-state index in [2.05, 4.69) is 17.1 Å². The summed E-state index contributed by atoms with van der Waals surface area (Å²) in [5, 5.41) is 5.00.